The summed E-state index contributed by atoms with van der Waals surface area (Å²) in [7, 11) is 0. The molecule has 2 N–H and O–H groups in total. The van der Waals surface area contributed by atoms with E-state index in [0.717, 1.165) is 22.8 Å². The van der Waals surface area contributed by atoms with Crippen LogP contribution in [0.1, 0.15) is 22.4 Å². The summed E-state index contributed by atoms with van der Waals surface area (Å²) in [6.07, 6.45) is 2.44. The van der Waals surface area contributed by atoms with Gasteiger partial charge in [0.05, 0.1) is 17.5 Å². The van der Waals surface area contributed by atoms with Crippen molar-refractivity contribution in [2.24, 2.45) is 5.92 Å². The summed E-state index contributed by atoms with van der Waals surface area (Å²) in [6, 6.07) is 7.91. The molecule has 0 amide bonds. The second-order valence-electron chi connectivity index (χ2n) is 4.84. The second kappa shape index (κ2) is 6.52. The molecule has 1 atom stereocenters. The largest absolute Gasteiger partial charge is 0.481 e. The molecule has 0 fully saturated rings. The van der Waals surface area contributed by atoms with Crippen LogP contribution < -0.4 is 5.32 Å². The molecule has 1 unspecified atom stereocenters. The van der Waals surface area contributed by atoms with Gasteiger partial charge in [-0.3, -0.25) is 4.79 Å². The number of hydrogen-bond donors (Lipinski definition) is 2. The van der Waals surface area contributed by atoms with Crippen molar-refractivity contribution in [2.45, 2.75) is 26.8 Å². The molecule has 1 aromatic heterocycles. The summed E-state index contributed by atoms with van der Waals surface area (Å²) in [5, 5.41) is 13.3. The summed E-state index contributed by atoms with van der Waals surface area (Å²) in [6.45, 7) is 4.48. The molecule has 0 saturated carbocycles. The van der Waals surface area contributed by atoms with Crippen LogP contribution in [0.2, 0.25) is 0 Å². The van der Waals surface area contributed by atoms with E-state index < -0.39 is 5.97 Å². The number of nitrogens with zero attached hydrogens (tertiary/aromatic N) is 1. The van der Waals surface area contributed by atoms with E-state index in [1.807, 2.05) is 37.4 Å². The molecule has 0 bridgehead atoms. The number of benzene rings is 1. The molecular weight excluding hydrogens is 272 g/mol. The highest BCUT2D eigenvalue weighted by atomic mass is 32.1. The van der Waals surface area contributed by atoms with Crippen molar-refractivity contribution in [1.29, 1.82) is 0 Å². The third-order valence-electron chi connectivity index (χ3n) is 3.05. The van der Waals surface area contributed by atoms with Gasteiger partial charge < -0.3 is 10.4 Å². The van der Waals surface area contributed by atoms with Crippen LogP contribution in [0.5, 0.6) is 0 Å². The van der Waals surface area contributed by atoms with Crippen LogP contribution in [0.25, 0.3) is 0 Å². The number of thiazole rings is 1. The SMILES string of the molecule is Cc1ncc(CNc2ccc(CC(C)C(=O)O)cc2)s1. The van der Waals surface area contributed by atoms with E-state index in [-0.39, 0.29) is 5.92 Å². The van der Waals surface area contributed by atoms with Gasteiger partial charge in [0.1, 0.15) is 0 Å². The molecule has 1 heterocycles. The van der Waals surface area contributed by atoms with E-state index in [4.69, 9.17) is 5.11 Å². The van der Waals surface area contributed by atoms with Gasteiger partial charge in [0.2, 0.25) is 0 Å². The summed E-state index contributed by atoms with van der Waals surface area (Å²) in [5.41, 5.74) is 2.07. The second-order valence-corrected chi connectivity index (χ2v) is 6.16. The van der Waals surface area contributed by atoms with E-state index in [2.05, 4.69) is 10.3 Å². The van der Waals surface area contributed by atoms with Gasteiger partial charge in [0.15, 0.2) is 0 Å². The smallest absolute Gasteiger partial charge is 0.306 e. The maximum Gasteiger partial charge on any atom is 0.306 e. The van der Waals surface area contributed by atoms with Crippen LogP contribution in [-0.2, 0) is 17.8 Å². The first-order valence-electron chi connectivity index (χ1n) is 6.51. The number of carbonyl (C=O) groups is 1. The van der Waals surface area contributed by atoms with Crippen molar-refractivity contribution in [3.63, 3.8) is 0 Å². The monoisotopic (exact) mass is 290 g/mol. The molecule has 0 aliphatic rings. The van der Waals surface area contributed by atoms with Gasteiger partial charge in [-0.15, -0.1) is 11.3 Å². The predicted octanol–water partition coefficient (Wildman–Crippen LogP) is 3.33. The van der Waals surface area contributed by atoms with Crippen LogP contribution in [0.3, 0.4) is 0 Å². The Hall–Kier alpha value is -1.88. The van der Waals surface area contributed by atoms with Crippen molar-refractivity contribution in [2.75, 3.05) is 5.32 Å². The molecule has 2 aromatic rings. The molecule has 0 radical (unpaired) electrons. The minimum Gasteiger partial charge on any atom is -0.481 e. The third-order valence-corrected chi connectivity index (χ3v) is 3.97. The van der Waals surface area contributed by atoms with Gasteiger partial charge in [0, 0.05) is 16.8 Å². The Bertz CT molecular complexity index is 578. The van der Waals surface area contributed by atoms with Crippen LogP contribution in [0, 0.1) is 12.8 Å². The highest BCUT2D eigenvalue weighted by Crippen LogP contribution is 2.16. The Morgan fingerprint density at radius 2 is 2.10 bits per heavy atom. The van der Waals surface area contributed by atoms with Crippen LogP contribution in [0.4, 0.5) is 5.69 Å². The zero-order valence-electron chi connectivity index (χ0n) is 11.6. The molecular formula is C15H18N2O2S. The molecule has 0 spiro atoms. The average Bonchev–Trinajstić information content (AvgIpc) is 2.83. The first kappa shape index (κ1) is 14.5. The maximum absolute atomic E-state index is 10.8. The molecule has 2 rings (SSSR count). The van der Waals surface area contributed by atoms with E-state index in [0.29, 0.717) is 6.42 Å². The molecule has 5 heteroatoms. The quantitative estimate of drug-likeness (QED) is 0.856. The van der Waals surface area contributed by atoms with Crippen molar-refractivity contribution in [1.82, 2.24) is 4.98 Å². The Morgan fingerprint density at radius 1 is 1.40 bits per heavy atom. The molecule has 106 valence electrons. The fourth-order valence-corrected chi connectivity index (χ4v) is 2.61. The van der Waals surface area contributed by atoms with Crippen LogP contribution in [-0.4, -0.2) is 16.1 Å². The zero-order valence-corrected chi connectivity index (χ0v) is 12.4. The minimum atomic E-state index is -0.757. The number of rotatable bonds is 6. The molecule has 0 aliphatic heterocycles. The predicted molar refractivity (Wildman–Crippen MR) is 81.1 cm³/mol. The van der Waals surface area contributed by atoms with Gasteiger partial charge in [-0.05, 0) is 31.0 Å². The van der Waals surface area contributed by atoms with Crippen molar-refractivity contribution in [3.8, 4) is 0 Å². The number of carboxylic acid groups (broad SMARTS) is 1. The Morgan fingerprint density at radius 3 is 2.65 bits per heavy atom. The van der Waals surface area contributed by atoms with Gasteiger partial charge in [-0.1, -0.05) is 19.1 Å². The number of hydrogen-bond acceptors (Lipinski definition) is 4. The normalized spacial score (nSPS) is 12.1. The van der Waals surface area contributed by atoms with Gasteiger partial charge in [-0.2, -0.15) is 0 Å². The highest BCUT2D eigenvalue weighted by Gasteiger charge is 2.11. The Kier molecular flexibility index (Phi) is 4.74. The van der Waals surface area contributed by atoms with Gasteiger partial charge in [0.25, 0.3) is 0 Å². The lowest BCUT2D eigenvalue weighted by Gasteiger charge is -2.08. The van der Waals surface area contributed by atoms with E-state index >= 15 is 0 Å². The lowest BCUT2D eigenvalue weighted by molar-refractivity contribution is -0.141. The Labute approximate surface area is 122 Å². The van der Waals surface area contributed by atoms with E-state index in [1.54, 1.807) is 18.3 Å². The standard InChI is InChI=1S/C15H18N2O2S/c1-10(15(18)19)7-12-3-5-13(6-4-12)17-9-14-8-16-11(2)20-14/h3-6,8,10,17H,7,9H2,1-2H3,(H,18,19). The summed E-state index contributed by atoms with van der Waals surface area (Å²) >= 11 is 1.68. The number of nitrogens with one attached hydrogen (secondary N) is 1. The molecule has 1 aromatic carbocycles. The molecule has 0 saturated heterocycles. The summed E-state index contributed by atoms with van der Waals surface area (Å²) in [5.74, 6) is -1.11. The number of aliphatic carboxylic acids is 1. The number of carboxylic acids is 1. The topological polar surface area (TPSA) is 62.2 Å². The van der Waals surface area contributed by atoms with E-state index in [1.165, 1.54) is 4.88 Å². The fourth-order valence-electron chi connectivity index (χ4n) is 1.88. The molecule has 4 nitrogen and oxygen atoms in total. The zero-order chi connectivity index (χ0) is 14.5. The maximum atomic E-state index is 10.8. The summed E-state index contributed by atoms with van der Waals surface area (Å²) in [4.78, 5) is 16.2. The fraction of sp³-hybridized carbons (Fsp3) is 0.333. The third kappa shape index (κ3) is 4.06. The average molecular weight is 290 g/mol. The molecule has 20 heavy (non-hydrogen) atoms. The molecule has 0 aliphatic carbocycles. The number of aryl methyl sites for hydroxylation is 1. The number of anilines is 1. The number of aromatic nitrogens is 1. The lowest BCUT2D eigenvalue weighted by atomic mass is 10.0. The highest BCUT2D eigenvalue weighted by molar-refractivity contribution is 7.11. The first-order chi connectivity index (χ1) is 9.54. The summed E-state index contributed by atoms with van der Waals surface area (Å²) < 4.78 is 0. The first-order valence-corrected chi connectivity index (χ1v) is 7.33. The van der Waals surface area contributed by atoms with Gasteiger partial charge in [-0.25, -0.2) is 4.98 Å². The van der Waals surface area contributed by atoms with Gasteiger partial charge >= 0.3 is 5.97 Å². The Balaban J connectivity index is 1.89. The van der Waals surface area contributed by atoms with E-state index in [9.17, 15) is 4.79 Å². The minimum absolute atomic E-state index is 0.353. The van der Waals surface area contributed by atoms with Crippen molar-refractivity contribution < 1.29 is 9.90 Å². The van der Waals surface area contributed by atoms with Crippen molar-refractivity contribution >= 4 is 23.0 Å². The van der Waals surface area contributed by atoms with Crippen molar-refractivity contribution in [3.05, 3.63) is 45.9 Å². The lowest BCUT2D eigenvalue weighted by Crippen LogP contribution is -2.12. The van der Waals surface area contributed by atoms with Crippen LogP contribution >= 0.6 is 11.3 Å². The van der Waals surface area contributed by atoms with Crippen LogP contribution in [0.15, 0.2) is 30.5 Å².